The molecule has 1 aliphatic heterocycles. The van der Waals surface area contributed by atoms with E-state index in [2.05, 4.69) is 211 Å². The first-order chi connectivity index (χ1) is 29.8. The minimum atomic E-state index is -2.82. The summed E-state index contributed by atoms with van der Waals surface area (Å²) in [7, 11) is -2.82. The summed E-state index contributed by atoms with van der Waals surface area (Å²) < 4.78 is 2.43. The second kappa shape index (κ2) is 13.7. The zero-order valence-corrected chi connectivity index (χ0v) is 33.6. The van der Waals surface area contributed by atoms with Crippen LogP contribution in [0.5, 0.6) is 0 Å². The number of rotatable bonds is 6. The molecule has 4 heterocycles. The van der Waals surface area contributed by atoms with Crippen LogP contribution in [-0.2, 0) is 0 Å². The summed E-state index contributed by atoms with van der Waals surface area (Å²) in [5.74, 6) is 0.682. The number of hydrogen-bond acceptors (Lipinski definition) is 3. The molecule has 4 nitrogen and oxygen atoms in total. The highest BCUT2D eigenvalue weighted by Gasteiger charge is 2.50. The van der Waals surface area contributed by atoms with E-state index in [4.69, 9.17) is 15.0 Å². The van der Waals surface area contributed by atoms with Gasteiger partial charge in [-0.25, -0.2) is 9.97 Å². The number of para-hydroxylation sites is 1. The average Bonchev–Trinajstić information content (AvgIpc) is 3.84. The van der Waals surface area contributed by atoms with Gasteiger partial charge in [0, 0.05) is 44.7 Å². The van der Waals surface area contributed by atoms with E-state index in [0.717, 1.165) is 61.1 Å². The van der Waals surface area contributed by atoms with Gasteiger partial charge in [0.1, 0.15) is 0 Å². The van der Waals surface area contributed by atoms with E-state index in [1.165, 1.54) is 37.3 Å². The van der Waals surface area contributed by atoms with Crippen LogP contribution in [0.4, 0.5) is 0 Å². The lowest BCUT2D eigenvalue weighted by molar-refractivity contribution is 1.16. The molecule has 0 radical (unpaired) electrons. The maximum absolute atomic E-state index is 5.51. The molecule has 0 atom stereocenters. The summed E-state index contributed by atoms with van der Waals surface area (Å²) in [5, 5.41) is 8.91. The van der Waals surface area contributed by atoms with Crippen LogP contribution in [0.15, 0.2) is 219 Å². The molecular weight excluding hydrogens is 745 g/mol. The topological polar surface area (TPSA) is 43.6 Å². The lowest BCUT2D eigenvalue weighted by atomic mass is 10.0. The van der Waals surface area contributed by atoms with Crippen LogP contribution in [0.2, 0.25) is 0 Å². The molecule has 12 rings (SSSR count). The zero-order chi connectivity index (χ0) is 39.6. The van der Waals surface area contributed by atoms with Gasteiger partial charge in [0.15, 0.2) is 13.9 Å². The second-order valence-corrected chi connectivity index (χ2v) is 19.2. The minimum absolute atomic E-state index is 0.682. The molecular formula is C55H36N4Si. The fraction of sp³-hybridized carbons (Fsp3) is 0. The van der Waals surface area contributed by atoms with Gasteiger partial charge in [-0.05, 0) is 56.1 Å². The standard InChI is InChI=1S/C55H36N4Si/c1-5-18-37(19-6-1)48-35-49(38-20-7-2-8-21-38)58-55(57-48)39-22-17-23-40(34-39)59-50-30-15-13-28-43(50)47-36-56-52-46(53(47)59)33-32-45-44-29-14-16-31-51(44)60(54(45)52,41-24-9-3-10-25-41)42-26-11-4-12-27-42/h1-36H. The van der Waals surface area contributed by atoms with Crippen LogP contribution in [0, 0.1) is 0 Å². The van der Waals surface area contributed by atoms with E-state index in [9.17, 15) is 0 Å². The van der Waals surface area contributed by atoms with Crippen LogP contribution in [0.3, 0.4) is 0 Å². The van der Waals surface area contributed by atoms with Gasteiger partial charge in [-0.15, -0.1) is 0 Å². The molecule has 5 heteroatoms. The molecule has 3 aromatic heterocycles. The molecule has 0 N–H and O–H groups in total. The van der Waals surface area contributed by atoms with Crippen molar-refractivity contribution in [1.29, 1.82) is 0 Å². The zero-order valence-electron chi connectivity index (χ0n) is 32.6. The van der Waals surface area contributed by atoms with E-state index in [-0.39, 0.29) is 0 Å². The van der Waals surface area contributed by atoms with Gasteiger partial charge < -0.3 is 4.57 Å². The minimum Gasteiger partial charge on any atom is -0.308 e. The Morgan fingerprint density at radius 2 is 1.00 bits per heavy atom. The molecule has 280 valence electrons. The summed E-state index contributed by atoms with van der Waals surface area (Å²) in [5.41, 5.74) is 11.8. The van der Waals surface area contributed by atoms with Crippen molar-refractivity contribution in [2.75, 3.05) is 0 Å². The Labute approximate surface area is 348 Å². The molecule has 1 aliphatic rings. The largest absolute Gasteiger partial charge is 0.308 e. The van der Waals surface area contributed by atoms with Gasteiger partial charge in [0.2, 0.25) is 0 Å². The number of pyridine rings is 1. The Balaban J connectivity index is 1.14. The van der Waals surface area contributed by atoms with Gasteiger partial charge in [-0.1, -0.05) is 188 Å². The highest BCUT2D eigenvalue weighted by atomic mass is 28.3. The molecule has 60 heavy (non-hydrogen) atoms. The third-order valence-corrected chi connectivity index (χ3v) is 17.2. The summed E-state index contributed by atoms with van der Waals surface area (Å²) in [6, 6.07) is 76.3. The van der Waals surface area contributed by atoms with Crippen LogP contribution in [0.1, 0.15) is 0 Å². The Morgan fingerprint density at radius 3 is 1.68 bits per heavy atom. The molecule has 11 aromatic rings. The smallest absolute Gasteiger partial charge is 0.183 e. The molecule has 0 unspecified atom stereocenters. The van der Waals surface area contributed by atoms with E-state index < -0.39 is 8.07 Å². The van der Waals surface area contributed by atoms with Crippen molar-refractivity contribution >= 4 is 61.5 Å². The number of fused-ring (bicyclic) bond motifs is 9. The third kappa shape index (κ3) is 5.13. The van der Waals surface area contributed by atoms with Gasteiger partial charge in [0.25, 0.3) is 0 Å². The van der Waals surface area contributed by atoms with E-state index in [0.29, 0.717) is 5.82 Å². The number of aromatic nitrogens is 4. The summed E-state index contributed by atoms with van der Waals surface area (Å²) >= 11 is 0. The quantitative estimate of drug-likeness (QED) is 0.158. The second-order valence-electron chi connectivity index (χ2n) is 15.5. The molecule has 0 saturated heterocycles. The van der Waals surface area contributed by atoms with Gasteiger partial charge in [0.05, 0.1) is 27.9 Å². The molecule has 0 spiro atoms. The lowest BCUT2D eigenvalue weighted by Crippen LogP contribution is -2.73. The fourth-order valence-electron chi connectivity index (χ4n) is 9.78. The number of benzene rings is 8. The Bertz CT molecular complexity index is 3320. The number of hydrogen-bond donors (Lipinski definition) is 0. The first-order valence-corrected chi connectivity index (χ1v) is 22.4. The maximum atomic E-state index is 5.51. The summed E-state index contributed by atoms with van der Waals surface area (Å²) in [6.07, 6.45) is 2.12. The summed E-state index contributed by atoms with van der Waals surface area (Å²) in [4.78, 5) is 15.9. The Morgan fingerprint density at radius 1 is 0.417 bits per heavy atom. The molecule has 0 fully saturated rings. The van der Waals surface area contributed by atoms with Crippen molar-refractivity contribution in [2.45, 2.75) is 0 Å². The van der Waals surface area contributed by atoms with E-state index in [1.807, 2.05) is 12.1 Å². The van der Waals surface area contributed by atoms with Gasteiger partial charge in [-0.3, -0.25) is 4.98 Å². The van der Waals surface area contributed by atoms with Gasteiger partial charge >= 0.3 is 0 Å². The maximum Gasteiger partial charge on any atom is 0.183 e. The van der Waals surface area contributed by atoms with Crippen molar-refractivity contribution in [3.63, 3.8) is 0 Å². The molecule has 0 aliphatic carbocycles. The van der Waals surface area contributed by atoms with Crippen molar-refractivity contribution in [3.8, 4) is 50.7 Å². The highest BCUT2D eigenvalue weighted by Crippen LogP contribution is 2.39. The molecule has 0 saturated carbocycles. The predicted molar refractivity (Wildman–Crippen MR) is 251 cm³/mol. The fourth-order valence-corrected chi connectivity index (χ4v) is 15.1. The SMILES string of the molecule is c1ccc(-c2cc(-c3ccccc3)nc(-c3cccc(-n4c5ccccc5c5cnc6c7c(ccc6c54)-c4ccccc4[Si]7(c4ccccc4)c4ccccc4)c3)n2)cc1. The van der Waals surface area contributed by atoms with Crippen molar-refractivity contribution in [2.24, 2.45) is 0 Å². The monoisotopic (exact) mass is 780 g/mol. The highest BCUT2D eigenvalue weighted by molar-refractivity contribution is 7.23. The Kier molecular flexibility index (Phi) is 7.83. The van der Waals surface area contributed by atoms with Crippen LogP contribution < -0.4 is 20.7 Å². The first-order valence-electron chi connectivity index (χ1n) is 20.4. The van der Waals surface area contributed by atoms with E-state index in [1.54, 1.807) is 0 Å². The van der Waals surface area contributed by atoms with Crippen molar-refractivity contribution in [1.82, 2.24) is 19.5 Å². The molecule has 8 aromatic carbocycles. The Hall–Kier alpha value is -7.73. The predicted octanol–water partition coefficient (Wildman–Crippen LogP) is 10.5. The third-order valence-electron chi connectivity index (χ3n) is 12.3. The number of nitrogens with zero attached hydrogens (tertiary/aromatic N) is 4. The normalized spacial score (nSPS) is 12.8. The molecule has 0 bridgehead atoms. The van der Waals surface area contributed by atoms with Crippen LogP contribution >= 0.6 is 0 Å². The van der Waals surface area contributed by atoms with E-state index >= 15 is 0 Å². The van der Waals surface area contributed by atoms with Crippen molar-refractivity contribution in [3.05, 3.63) is 219 Å². The first kappa shape index (κ1) is 34.3. The van der Waals surface area contributed by atoms with Crippen LogP contribution in [0.25, 0.3) is 83.4 Å². The van der Waals surface area contributed by atoms with Crippen LogP contribution in [-0.4, -0.2) is 27.6 Å². The summed E-state index contributed by atoms with van der Waals surface area (Å²) in [6.45, 7) is 0. The average molecular weight is 781 g/mol. The van der Waals surface area contributed by atoms with Crippen molar-refractivity contribution < 1.29 is 0 Å². The van der Waals surface area contributed by atoms with Gasteiger partial charge in [-0.2, -0.15) is 0 Å². The lowest BCUT2D eigenvalue weighted by Gasteiger charge is -2.31. The molecule has 0 amide bonds.